The van der Waals surface area contributed by atoms with Crippen LogP contribution >= 0.6 is 0 Å². The van der Waals surface area contributed by atoms with Gasteiger partial charge in [-0.25, -0.2) is 0 Å². The SMILES string of the molecule is CNCCOCc1ccc([N+](=O)[O-])o1. The third-order valence-corrected chi connectivity index (χ3v) is 1.57. The van der Waals surface area contributed by atoms with Crippen LogP contribution in [0.15, 0.2) is 16.5 Å². The second-order valence-corrected chi connectivity index (χ2v) is 2.65. The van der Waals surface area contributed by atoms with Crippen molar-refractivity contribution in [3.05, 3.63) is 28.0 Å². The molecular formula is C8H12N2O4. The molecule has 0 saturated heterocycles. The molecular weight excluding hydrogens is 188 g/mol. The molecule has 0 unspecified atom stereocenters. The van der Waals surface area contributed by atoms with Gasteiger partial charge in [0.25, 0.3) is 0 Å². The molecule has 1 rings (SSSR count). The van der Waals surface area contributed by atoms with Crippen LogP contribution in [0.3, 0.4) is 0 Å². The lowest BCUT2D eigenvalue weighted by molar-refractivity contribution is -0.402. The van der Waals surface area contributed by atoms with Crippen LogP contribution in [-0.4, -0.2) is 25.1 Å². The van der Waals surface area contributed by atoms with E-state index in [0.717, 1.165) is 6.54 Å². The molecule has 0 aliphatic carbocycles. The van der Waals surface area contributed by atoms with E-state index >= 15 is 0 Å². The Morgan fingerprint density at radius 3 is 3.00 bits per heavy atom. The minimum absolute atomic E-state index is 0.253. The van der Waals surface area contributed by atoms with Gasteiger partial charge in [-0.1, -0.05) is 0 Å². The first-order chi connectivity index (χ1) is 6.74. The molecule has 0 atom stereocenters. The zero-order valence-corrected chi connectivity index (χ0v) is 7.86. The summed E-state index contributed by atoms with van der Waals surface area (Å²) in [6, 6.07) is 2.86. The van der Waals surface area contributed by atoms with Gasteiger partial charge in [-0.05, 0) is 13.1 Å². The topological polar surface area (TPSA) is 77.5 Å². The van der Waals surface area contributed by atoms with Crippen LogP contribution in [0.4, 0.5) is 5.88 Å². The number of likely N-dealkylation sites (N-methyl/N-ethyl adjacent to an activating group) is 1. The Balaban J connectivity index is 2.33. The molecule has 0 bridgehead atoms. The van der Waals surface area contributed by atoms with Gasteiger partial charge in [0.15, 0.2) is 0 Å². The average molecular weight is 200 g/mol. The minimum Gasteiger partial charge on any atom is -0.403 e. The summed E-state index contributed by atoms with van der Waals surface area (Å²) in [5.74, 6) is 0.213. The molecule has 0 amide bonds. The highest BCUT2D eigenvalue weighted by molar-refractivity contribution is 5.17. The summed E-state index contributed by atoms with van der Waals surface area (Å²) in [4.78, 5) is 9.68. The van der Waals surface area contributed by atoms with Gasteiger partial charge in [-0.2, -0.15) is 0 Å². The summed E-state index contributed by atoms with van der Waals surface area (Å²) in [6.07, 6.45) is 0. The fraction of sp³-hybridized carbons (Fsp3) is 0.500. The van der Waals surface area contributed by atoms with Gasteiger partial charge < -0.3 is 14.5 Å². The maximum atomic E-state index is 10.3. The summed E-state index contributed by atoms with van der Waals surface area (Å²) >= 11 is 0. The zero-order chi connectivity index (χ0) is 10.4. The van der Waals surface area contributed by atoms with E-state index in [-0.39, 0.29) is 12.5 Å². The molecule has 6 heteroatoms. The van der Waals surface area contributed by atoms with Crippen LogP contribution in [0.1, 0.15) is 5.76 Å². The molecule has 14 heavy (non-hydrogen) atoms. The molecule has 0 fully saturated rings. The molecule has 78 valence electrons. The predicted octanol–water partition coefficient (Wildman–Crippen LogP) is 0.924. The van der Waals surface area contributed by atoms with Crippen molar-refractivity contribution < 1.29 is 14.1 Å². The van der Waals surface area contributed by atoms with Crippen LogP contribution in [-0.2, 0) is 11.3 Å². The van der Waals surface area contributed by atoms with Crippen LogP contribution in [0, 0.1) is 10.1 Å². The van der Waals surface area contributed by atoms with E-state index in [2.05, 4.69) is 5.32 Å². The lowest BCUT2D eigenvalue weighted by Crippen LogP contribution is -2.13. The number of ether oxygens (including phenoxy) is 1. The van der Waals surface area contributed by atoms with Gasteiger partial charge in [0, 0.05) is 6.54 Å². The van der Waals surface area contributed by atoms with Crippen molar-refractivity contribution in [1.82, 2.24) is 5.32 Å². The first-order valence-electron chi connectivity index (χ1n) is 4.19. The highest BCUT2D eigenvalue weighted by Gasteiger charge is 2.11. The predicted molar refractivity (Wildman–Crippen MR) is 48.9 cm³/mol. The fourth-order valence-corrected chi connectivity index (χ4v) is 0.889. The van der Waals surface area contributed by atoms with E-state index in [9.17, 15) is 10.1 Å². The van der Waals surface area contributed by atoms with Crippen molar-refractivity contribution in [2.24, 2.45) is 0 Å². The van der Waals surface area contributed by atoms with Crippen LogP contribution in [0.5, 0.6) is 0 Å². The molecule has 1 heterocycles. The molecule has 1 N–H and O–H groups in total. The Morgan fingerprint density at radius 2 is 2.43 bits per heavy atom. The third-order valence-electron chi connectivity index (χ3n) is 1.57. The largest absolute Gasteiger partial charge is 0.433 e. The smallest absolute Gasteiger partial charge is 0.403 e. The summed E-state index contributed by atoms with van der Waals surface area (Å²) < 4.78 is 10.1. The number of nitro groups is 1. The van der Waals surface area contributed by atoms with Gasteiger partial charge in [-0.3, -0.25) is 10.1 Å². The highest BCUT2D eigenvalue weighted by Crippen LogP contribution is 2.15. The van der Waals surface area contributed by atoms with E-state index in [1.54, 1.807) is 0 Å². The monoisotopic (exact) mass is 200 g/mol. The van der Waals surface area contributed by atoms with Crippen molar-refractivity contribution in [2.45, 2.75) is 6.61 Å². The summed E-state index contributed by atoms with van der Waals surface area (Å²) in [5, 5.41) is 13.2. The van der Waals surface area contributed by atoms with Crippen molar-refractivity contribution >= 4 is 5.88 Å². The van der Waals surface area contributed by atoms with Gasteiger partial charge in [0.05, 0.1) is 12.7 Å². The van der Waals surface area contributed by atoms with E-state index in [1.165, 1.54) is 12.1 Å². The van der Waals surface area contributed by atoms with Gasteiger partial charge in [0.1, 0.15) is 17.3 Å². The van der Waals surface area contributed by atoms with Crippen molar-refractivity contribution in [1.29, 1.82) is 0 Å². The third kappa shape index (κ3) is 3.15. The van der Waals surface area contributed by atoms with E-state index in [4.69, 9.17) is 9.15 Å². The fourth-order valence-electron chi connectivity index (χ4n) is 0.889. The summed E-state index contributed by atoms with van der Waals surface area (Å²) in [6.45, 7) is 1.54. The van der Waals surface area contributed by atoms with Crippen LogP contribution in [0.25, 0.3) is 0 Å². The number of nitrogens with one attached hydrogen (secondary N) is 1. The summed E-state index contributed by atoms with van der Waals surface area (Å²) in [7, 11) is 1.82. The quantitative estimate of drug-likeness (QED) is 0.419. The maximum Gasteiger partial charge on any atom is 0.433 e. The first-order valence-corrected chi connectivity index (χ1v) is 4.19. The number of furan rings is 1. The molecule has 0 saturated carbocycles. The van der Waals surface area contributed by atoms with Gasteiger partial charge in [-0.15, -0.1) is 0 Å². The number of rotatable bonds is 6. The Morgan fingerprint density at radius 1 is 1.64 bits per heavy atom. The molecule has 1 aromatic heterocycles. The van der Waals surface area contributed by atoms with Crippen molar-refractivity contribution in [3.8, 4) is 0 Å². The minimum atomic E-state index is -0.572. The molecule has 0 aliphatic heterocycles. The van der Waals surface area contributed by atoms with E-state index < -0.39 is 4.92 Å². The van der Waals surface area contributed by atoms with E-state index in [1.807, 2.05) is 7.05 Å². The van der Waals surface area contributed by atoms with Gasteiger partial charge in [0.2, 0.25) is 0 Å². The second-order valence-electron chi connectivity index (χ2n) is 2.65. The average Bonchev–Trinajstić information content (AvgIpc) is 2.61. The Labute approximate surface area is 81.0 Å². The van der Waals surface area contributed by atoms with Crippen molar-refractivity contribution in [3.63, 3.8) is 0 Å². The normalized spacial score (nSPS) is 10.4. The van der Waals surface area contributed by atoms with Crippen LogP contribution in [0.2, 0.25) is 0 Å². The standard InChI is InChI=1S/C8H12N2O4/c1-9-4-5-13-6-7-2-3-8(14-7)10(11)12/h2-3,9H,4-6H2,1H3. The Hall–Kier alpha value is -1.40. The molecule has 1 aromatic rings. The number of hydrogen-bond acceptors (Lipinski definition) is 5. The molecule has 6 nitrogen and oxygen atoms in total. The maximum absolute atomic E-state index is 10.3. The Bertz CT molecular complexity index is 297. The van der Waals surface area contributed by atoms with Crippen molar-refractivity contribution in [2.75, 3.05) is 20.2 Å². The first kappa shape index (κ1) is 10.7. The molecule has 0 aliphatic rings. The molecule has 0 aromatic carbocycles. The summed E-state index contributed by atoms with van der Waals surface area (Å²) in [5.41, 5.74) is 0. The number of nitrogens with zero attached hydrogens (tertiary/aromatic N) is 1. The zero-order valence-electron chi connectivity index (χ0n) is 7.86. The molecule has 0 spiro atoms. The van der Waals surface area contributed by atoms with Crippen LogP contribution < -0.4 is 5.32 Å². The second kappa shape index (κ2) is 5.36. The van der Waals surface area contributed by atoms with E-state index in [0.29, 0.717) is 12.4 Å². The lowest BCUT2D eigenvalue weighted by atomic mass is 10.5. The highest BCUT2D eigenvalue weighted by atomic mass is 16.6. The number of hydrogen-bond donors (Lipinski definition) is 1. The Kier molecular flexibility index (Phi) is 4.09. The molecule has 0 radical (unpaired) electrons. The van der Waals surface area contributed by atoms with Gasteiger partial charge >= 0.3 is 5.88 Å². The lowest BCUT2D eigenvalue weighted by Gasteiger charge is -1.99.